The Balaban J connectivity index is 1.76. The van der Waals surface area contributed by atoms with Crippen molar-refractivity contribution in [3.63, 3.8) is 0 Å². The van der Waals surface area contributed by atoms with Crippen molar-refractivity contribution >= 4 is 11.8 Å². The van der Waals surface area contributed by atoms with Crippen LogP contribution in [0.4, 0.5) is 0 Å². The third kappa shape index (κ3) is 2.80. The zero-order chi connectivity index (χ0) is 14.8. The van der Waals surface area contributed by atoms with Crippen LogP contribution in [-0.2, 0) is 9.59 Å². The summed E-state index contributed by atoms with van der Waals surface area (Å²) in [6.07, 6.45) is 3.25. The van der Waals surface area contributed by atoms with Crippen LogP contribution < -0.4 is 5.32 Å². The van der Waals surface area contributed by atoms with E-state index < -0.39 is 0 Å². The van der Waals surface area contributed by atoms with Crippen LogP contribution in [0.3, 0.4) is 0 Å². The molecule has 2 atom stereocenters. The molecule has 0 radical (unpaired) electrons. The first kappa shape index (κ1) is 14.1. The Bertz CT molecular complexity index is 545. The summed E-state index contributed by atoms with van der Waals surface area (Å²) in [7, 11) is 0. The summed E-state index contributed by atoms with van der Waals surface area (Å²) >= 11 is 0. The molecule has 2 heterocycles. The average Bonchev–Trinajstić information content (AvgIpc) is 2.97. The number of nitrogens with one attached hydrogen (secondary N) is 1. The largest absolute Gasteiger partial charge is 0.355 e. The zero-order valence-electron chi connectivity index (χ0n) is 12.5. The van der Waals surface area contributed by atoms with Crippen molar-refractivity contribution < 1.29 is 9.59 Å². The molecule has 0 bridgehead atoms. The fourth-order valence-corrected chi connectivity index (χ4v) is 3.49. The molecule has 2 aliphatic heterocycles. The second-order valence-electron chi connectivity index (χ2n) is 6.09. The smallest absolute Gasteiger partial charge is 0.227 e. The highest BCUT2D eigenvalue weighted by Crippen LogP contribution is 2.35. The van der Waals surface area contributed by atoms with Gasteiger partial charge in [-0.2, -0.15) is 0 Å². The number of carbonyl (C=O) groups is 2. The maximum absolute atomic E-state index is 12.8. The lowest BCUT2D eigenvalue weighted by molar-refractivity contribution is -0.138. The van der Waals surface area contributed by atoms with Gasteiger partial charge in [-0.05, 0) is 37.3 Å². The minimum absolute atomic E-state index is 0.0488. The van der Waals surface area contributed by atoms with Crippen LogP contribution in [0.1, 0.15) is 42.9 Å². The normalized spacial score (nSPS) is 25.8. The molecule has 21 heavy (non-hydrogen) atoms. The highest BCUT2D eigenvalue weighted by Gasteiger charge is 2.35. The van der Waals surface area contributed by atoms with Gasteiger partial charge in [-0.3, -0.25) is 9.59 Å². The number of benzene rings is 1. The number of carbonyl (C=O) groups excluding carboxylic acids is 2. The van der Waals surface area contributed by atoms with Crippen LogP contribution in [0.2, 0.25) is 0 Å². The molecule has 4 nitrogen and oxygen atoms in total. The van der Waals surface area contributed by atoms with Crippen molar-refractivity contribution in [2.75, 3.05) is 13.1 Å². The number of likely N-dealkylation sites (tertiary alicyclic amines) is 1. The Morgan fingerprint density at radius 2 is 2.10 bits per heavy atom. The van der Waals surface area contributed by atoms with Gasteiger partial charge in [0.1, 0.15) is 0 Å². The van der Waals surface area contributed by atoms with E-state index in [1.165, 1.54) is 11.1 Å². The van der Waals surface area contributed by atoms with Gasteiger partial charge in [-0.1, -0.05) is 24.3 Å². The maximum atomic E-state index is 12.8. The molecule has 1 aromatic carbocycles. The molecule has 1 N–H and O–H groups in total. The van der Waals surface area contributed by atoms with E-state index in [0.29, 0.717) is 19.4 Å². The fraction of sp³-hybridized carbons (Fsp3) is 0.529. The van der Waals surface area contributed by atoms with Crippen molar-refractivity contribution in [2.45, 2.75) is 38.6 Å². The topological polar surface area (TPSA) is 49.4 Å². The predicted molar refractivity (Wildman–Crippen MR) is 80.6 cm³/mol. The van der Waals surface area contributed by atoms with Crippen molar-refractivity contribution in [3.8, 4) is 0 Å². The van der Waals surface area contributed by atoms with Crippen LogP contribution in [0.15, 0.2) is 24.3 Å². The summed E-state index contributed by atoms with van der Waals surface area (Å²) in [4.78, 5) is 26.1. The van der Waals surface area contributed by atoms with Crippen LogP contribution in [-0.4, -0.2) is 29.8 Å². The lowest BCUT2D eigenvalue weighted by Crippen LogP contribution is -2.44. The predicted octanol–water partition coefficient (Wildman–Crippen LogP) is 2.18. The molecular weight excluding hydrogens is 264 g/mol. The van der Waals surface area contributed by atoms with E-state index in [-0.39, 0.29) is 23.8 Å². The summed E-state index contributed by atoms with van der Waals surface area (Å²) < 4.78 is 0. The number of hydrogen-bond acceptors (Lipinski definition) is 2. The molecule has 2 aliphatic rings. The van der Waals surface area contributed by atoms with E-state index in [1.54, 1.807) is 0 Å². The molecule has 0 aromatic heterocycles. The van der Waals surface area contributed by atoms with Gasteiger partial charge in [0.25, 0.3) is 0 Å². The quantitative estimate of drug-likeness (QED) is 0.906. The third-order valence-corrected chi connectivity index (χ3v) is 4.70. The molecular formula is C17H22N2O2. The highest BCUT2D eigenvalue weighted by atomic mass is 16.2. The van der Waals surface area contributed by atoms with E-state index in [4.69, 9.17) is 0 Å². The number of hydrogen-bond donors (Lipinski definition) is 1. The Kier molecular flexibility index (Phi) is 3.95. The van der Waals surface area contributed by atoms with Crippen LogP contribution in [0, 0.1) is 12.8 Å². The summed E-state index contributed by atoms with van der Waals surface area (Å²) in [5, 5.41) is 2.82. The Labute approximate surface area is 125 Å². The van der Waals surface area contributed by atoms with E-state index >= 15 is 0 Å². The van der Waals surface area contributed by atoms with Gasteiger partial charge in [-0.25, -0.2) is 0 Å². The third-order valence-electron chi connectivity index (χ3n) is 4.70. The zero-order valence-corrected chi connectivity index (χ0v) is 12.5. The van der Waals surface area contributed by atoms with Gasteiger partial charge in [0.05, 0.1) is 12.0 Å². The van der Waals surface area contributed by atoms with Crippen molar-refractivity contribution in [1.82, 2.24) is 10.2 Å². The lowest BCUT2D eigenvalue weighted by Gasteiger charge is -2.31. The Hall–Kier alpha value is -1.84. The van der Waals surface area contributed by atoms with Crippen LogP contribution in [0.5, 0.6) is 0 Å². The first-order valence-corrected chi connectivity index (χ1v) is 7.79. The van der Waals surface area contributed by atoms with Gasteiger partial charge in [-0.15, -0.1) is 0 Å². The number of amides is 2. The van der Waals surface area contributed by atoms with Gasteiger partial charge in [0.15, 0.2) is 0 Å². The molecule has 3 rings (SSSR count). The standard InChI is InChI=1S/C17H22N2O2/c1-12-5-2-3-6-14(12)15-7-4-10-19(15)17(21)13-8-9-16(20)18-11-13/h2-3,5-6,13,15H,4,7-11H2,1H3,(H,18,20)/t13-,15+/m1/s1. The summed E-state index contributed by atoms with van der Waals surface area (Å²) in [5.74, 6) is 0.226. The number of aryl methyl sites for hydroxylation is 1. The number of piperidine rings is 1. The summed E-state index contributed by atoms with van der Waals surface area (Å²) in [5.41, 5.74) is 2.52. The van der Waals surface area contributed by atoms with Gasteiger partial charge in [0, 0.05) is 19.5 Å². The lowest BCUT2D eigenvalue weighted by atomic mass is 9.95. The van der Waals surface area contributed by atoms with Gasteiger partial charge < -0.3 is 10.2 Å². The van der Waals surface area contributed by atoms with Gasteiger partial charge >= 0.3 is 0 Å². The maximum Gasteiger partial charge on any atom is 0.227 e. The van der Waals surface area contributed by atoms with Crippen molar-refractivity contribution in [1.29, 1.82) is 0 Å². The Morgan fingerprint density at radius 3 is 2.81 bits per heavy atom. The molecule has 2 amide bonds. The second kappa shape index (κ2) is 5.88. The fourth-order valence-electron chi connectivity index (χ4n) is 3.49. The number of rotatable bonds is 2. The molecule has 0 aliphatic carbocycles. The molecule has 1 aromatic rings. The molecule has 0 spiro atoms. The molecule has 2 fully saturated rings. The van der Waals surface area contributed by atoms with E-state index in [0.717, 1.165) is 19.4 Å². The molecule has 0 saturated carbocycles. The van der Waals surface area contributed by atoms with Crippen LogP contribution in [0.25, 0.3) is 0 Å². The molecule has 4 heteroatoms. The molecule has 0 unspecified atom stereocenters. The monoisotopic (exact) mass is 286 g/mol. The minimum atomic E-state index is -0.0488. The van der Waals surface area contributed by atoms with Crippen LogP contribution >= 0.6 is 0 Å². The Morgan fingerprint density at radius 1 is 1.29 bits per heavy atom. The van der Waals surface area contributed by atoms with Gasteiger partial charge in [0.2, 0.25) is 11.8 Å². The number of nitrogens with zero attached hydrogens (tertiary/aromatic N) is 1. The van der Waals surface area contributed by atoms with Crippen molar-refractivity contribution in [3.05, 3.63) is 35.4 Å². The first-order chi connectivity index (χ1) is 10.2. The average molecular weight is 286 g/mol. The van der Waals surface area contributed by atoms with E-state index in [1.807, 2.05) is 17.0 Å². The summed E-state index contributed by atoms with van der Waals surface area (Å²) in [6.45, 7) is 3.44. The SMILES string of the molecule is Cc1ccccc1[C@@H]1CCCN1C(=O)[C@@H]1CCC(=O)NC1. The molecule has 2 saturated heterocycles. The minimum Gasteiger partial charge on any atom is -0.355 e. The first-order valence-electron chi connectivity index (χ1n) is 7.79. The highest BCUT2D eigenvalue weighted by molar-refractivity contribution is 5.84. The van der Waals surface area contributed by atoms with E-state index in [2.05, 4.69) is 24.4 Å². The van der Waals surface area contributed by atoms with Crippen molar-refractivity contribution in [2.24, 2.45) is 5.92 Å². The second-order valence-corrected chi connectivity index (χ2v) is 6.09. The summed E-state index contributed by atoms with van der Waals surface area (Å²) in [6, 6.07) is 8.53. The molecule has 112 valence electrons. The van der Waals surface area contributed by atoms with E-state index in [9.17, 15) is 9.59 Å².